The molecule has 0 spiro atoms. The highest BCUT2D eigenvalue weighted by Gasteiger charge is 2.32. The maximum atomic E-state index is 14.7. The van der Waals surface area contributed by atoms with Crippen LogP contribution in [0.15, 0.2) is 18.2 Å². The Bertz CT molecular complexity index is 1010. The van der Waals surface area contributed by atoms with Crippen molar-refractivity contribution in [2.75, 3.05) is 5.32 Å². The van der Waals surface area contributed by atoms with Crippen LogP contribution in [-0.2, 0) is 0 Å². The van der Waals surface area contributed by atoms with Crippen LogP contribution in [-0.4, -0.2) is 25.3 Å². The van der Waals surface area contributed by atoms with E-state index in [0.717, 1.165) is 30.1 Å². The highest BCUT2D eigenvalue weighted by atomic mass is 35.5. The number of aromatic nitrogens is 4. The van der Waals surface area contributed by atoms with Gasteiger partial charge in [0.2, 0.25) is 0 Å². The number of hydrogen-bond donors (Lipinski definition) is 1. The first-order valence-corrected chi connectivity index (χ1v) is 9.26. The molecule has 0 atom stereocenters. The van der Waals surface area contributed by atoms with E-state index in [1.165, 1.54) is 6.07 Å². The molecule has 3 aromatic rings. The average molecular weight is 392 g/mol. The predicted octanol–water partition coefficient (Wildman–Crippen LogP) is 4.26. The van der Waals surface area contributed by atoms with E-state index in [1.54, 1.807) is 23.7 Å². The first-order valence-electron chi connectivity index (χ1n) is 8.11. The Balaban J connectivity index is 1.64. The number of halogens is 2. The molecule has 2 heterocycles. The molecule has 1 amide bonds. The Hall–Kier alpha value is -2.32. The van der Waals surface area contributed by atoms with Gasteiger partial charge in [-0.3, -0.25) is 4.79 Å². The molecule has 1 saturated carbocycles. The first-order chi connectivity index (χ1) is 12.5. The lowest BCUT2D eigenvalue weighted by molar-refractivity contribution is 0.103. The SMILES string of the molecule is Cc1nnsc1C(=O)Nc1ccc(-n2nc(C)c(Cl)c2C2CC2)c(F)c1. The third-order valence-corrected chi connectivity index (χ3v) is 5.57. The van der Waals surface area contributed by atoms with E-state index < -0.39 is 5.82 Å². The van der Waals surface area contributed by atoms with Crippen molar-refractivity contribution < 1.29 is 9.18 Å². The summed E-state index contributed by atoms with van der Waals surface area (Å²) in [6.45, 7) is 3.51. The van der Waals surface area contributed by atoms with Gasteiger partial charge in [-0.2, -0.15) is 5.10 Å². The first kappa shape index (κ1) is 17.1. The Labute approximate surface area is 158 Å². The molecule has 26 heavy (non-hydrogen) atoms. The number of hydrogen-bond acceptors (Lipinski definition) is 5. The molecule has 0 bridgehead atoms. The normalized spacial score (nSPS) is 13.8. The van der Waals surface area contributed by atoms with Crippen LogP contribution >= 0.6 is 23.1 Å². The van der Waals surface area contributed by atoms with Gasteiger partial charge in [0.1, 0.15) is 10.6 Å². The van der Waals surface area contributed by atoms with E-state index in [9.17, 15) is 9.18 Å². The summed E-state index contributed by atoms with van der Waals surface area (Å²) in [5.41, 5.74) is 2.74. The van der Waals surface area contributed by atoms with E-state index in [2.05, 4.69) is 20.0 Å². The number of benzene rings is 1. The van der Waals surface area contributed by atoms with E-state index in [4.69, 9.17) is 11.6 Å². The van der Waals surface area contributed by atoms with Crippen molar-refractivity contribution in [3.8, 4) is 5.69 Å². The Morgan fingerprint density at radius 1 is 1.35 bits per heavy atom. The summed E-state index contributed by atoms with van der Waals surface area (Å²) in [4.78, 5) is 12.6. The van der Waals surface area contributed by atoms with Gasteiger partial charge in [-0.15, -0.1) is 5.10 Å². The summed E-state index contributed by atoms with van der Waals surface area (Å²) in [5, 5.41) is 11.5. The van der Waals surface area contributed by atoms with Crippen LogP contribution in [0.5, 0.6) is 0 Å². The minimum atomic E-state index is -0.483. The third kappa shape index (κ3) is 2.99. The summed E-state index contributed by atoms with van der Waals surface area (Å²) in [7, 11) is 0. The largest absolute Gasteiger partial charge is 0.321 e. The smallest absolute Gasteiger partial charge is 0.269 e. The van der Waals surface area contributed by atoms with Crippen LogP contribution in [0.2, 0.25) is 5.02 Å². The van der Waals surface area contributed by atoms with Crippen LogP contribution < -0.4 is 5.32 Å². The number of amides is 1. The fourth-order valence-corrected chi connectivity index (χ4v) is 3.63. The zero-order valence-electron chi connectivity index (χ0n) is 14.1. The standard InChI is InChI=1S/C17H15ClFN5OS/c1-8-14(18)15(10-3-4-10)24(22-8)13-6-5-11(7-12(13)19)20-17(25)16-9(2)21-23-26-16/h5-7,10H,3-4H2,1-2H3,(H,20,25). The summed E-state index contributed by atoms with van der Waals surface area (Å²) in [6.07, 6.45) is 2.06. The fraction of sp³-hybridized carbons (Fsp3) is 0.294. The zero-order chi connectivity index (χ0) is 18.4. The molecule has 1 aliphatic rings. The number of aryl methyl sites for hydroxylation is 2. The molecule has 4 rings (SSSR count). The quantitative estimate of drug-likeness (QED) is 0.721. The number of nitrogens with zero attached hydrogens (tertiary/aromatic N) is 4. The second kappa shape index (κ2) is 6.44. The van der Waals surface area contributed by atoms with E-state index in [-0.39, 0.29) is 5.91 Å². The highest BCUT2D eigenvalue weighted by Crippen LogP contribution is 2.45. The lowest BCUT2D eigenvalue weighted by atomic mass is 10.2. The lowest BCUT2D eigenvalue weighted by Crippen LogP contribution is -2.12. The molecule has 1 fully saturated rings. The molecule has 0 radical (unpaired) electrons. The average Bonchev–Trinajstić information content (AvgIpc) is 3.26. The fourth-order valence-electron chi connectivity index (χ4n) is 2.80. The Morgan fingerprint density at radius 3 is 2.73 bits per heavy atom. The molecule has 1 aromatic carbocycles. The second-order valence-corrected chi connectivity index (χ2v) is 7.41. The van der Waals surface area contributed by atoms with Gasteiger partial charge in [0.05, 0.1) is 22.1 Å². The van der Waals surface area contributed by atoms with Gasteiger partial charge < -0.3 is 5.32 Å². The lowest BCUT2D eigenvalue weighted by Gasteiger charge is -2.10. The number of carbonyl (C=O) groups excluding carboxylic acids is 1. The van der Waals surface area contributed by atoms with Crippen molar-refractivity contribution in [1.82, 2.24) is 19.4 Å². The number of anilines is 1. The number of rotatable bonds is 4. The number of nitrogens with one attached hydrogen (secondary N) is 1. The Morgan fingerprint density at radius 2 is 2.12 bits per heavy atom. The molecule has 134 valence electrons. The molecule has 9 heteroatoms. The van der Waals surface area contributed by atoms with Gasteiger partial charge in [-0.1, -0.05) is 16.1 Å². The van der Waals surface area contributed by atoms with E-state index in [1.807, 2.05) is 6.92 Å². The predicted molar refractivity (Wildman–Crippen MR) is 97.8 cm³/mol. The minimum absolute atomic E-state index is 0.315. The van der Waals surface area contributed by atoms with Crippen molar-refractivity contribution in [3.05, 3.63) is 51.0 Å². The maximum absolute atomic E-state index is 14.7. The van der Waals surface area contributed by atoms with Crippen molar-refractivity contribution in [2.24, 2.45) is 0 Å². The molecule has 2 aromatic heterocycles. The molecule has 0 unspecified atom stereocenters. The van der Waals surface area contributed by atoms with E-state index >= 15 is 0 Å². The summed E-state index contributed by atoms with van der Waals surface area (Å²) in [5.74, 6) is -0.520. The van der Waals surface area contributed by atoms with Gasteiger partial charge in [0, 0.05) is 11.6 Å². The zero-order valence-corrected chi connectivity index (χ0v) is 15.7. The highest BCUT2D eigenvalue weighted by molar-refractivity contribution is 7.08. The maximum Gasteiger partial charge on any atom is 0.269 e. The summed E-state index contributed by atoms with van der Waals surface area (Å²) < 4.78 is 20.0. The molecule has 0 aliphatic heterocycles. The van der Waals surface area contributed by atoms with Crippen molar-refractivity contribution in [1.29, 1.82) is 0 Å². The second-order valence-electron chi connectivity index (χ2n) is 6.28. The topological polar surface area (TPSA) is 72.7 Å². The van der Waals surface area contributed by atoms with Crippen LogP contribution in [0, 0.1) is 19.7 Å². The summed E-state index contributed by atoms with van der Waals surface area (Å²) >= 11 is 7.35. The van der Waals surface area contributed by atoms with Gasteiger partial charge in [0.25, 0.3) is 5.91 Å². The van der Waals surface area contributed by atoms with E-state index in [0.29, 0.717) is 38.6 Å². The van der Waals surface area contributed by atoms with Crippen LogP contribution in [0.4, 0.5) is 10.1 Å². The number of carbonyl (C=O) groups is 1. The van der Waals surface area contributed by atoms with Crippen LogP contribution in [0.1, 0.15) is 45.5 Å². The molecule has 0 saturated heterocycles. The van der Waals surface area contributed by atoms with Gasteiger partial charge in [0.15, 0.2) is 5.82 Å². The van der Waals surface area contributed by atoms with Crippen molar-refractivity contribution >= 4 is 34.7 Å². The van der Waals surface area contributed by atoms with Crippen molar-refractivity contribution in [2.45, 2.75) is 32.6 Å². The van der Waals surface area contributed by atoms with Gasteiger partial charge in [-0.05, 0) is 56.4 Å². The van der Waals surface area contributed by atoms with Crippen molar-refractivity contribution in [3.63, 3.8) is 0 Å². The molecule has 1 aliphatic carbocycles. The molecular weight excluding hydrogens is 377 g/mol. The van der Waals surface area contributed by atoms with Gasteiger partial charge >= 0.3 is 0 Å². The Kier molecular flexibility index (Phi) is 4.24. The molecule has 1 N–H and O–H groups in total. The van der Waals surface area contributed by atoms with Crippen LogP contribution in [0.25, 0.3) is 5.69 Å². The molecule has 6 nitrogen and oxygen atoms in total. The molecular formula is C17H15ClFN5OS. The summed E-state index contributed by atoms with van der Waals surface area (Å²) in [6, 6.07) is 4.51. The minimum Gasteiger partial charge on any atom is -0.321 e. The third-order valence-electron chi connectivity index (χ3n) is 4.28. The van der Waals surface area contributed by atoms with Crippen LogP contribution in [0.3, 0.4) is 0 Å². The monoisotopic (exact) mass is 391 g/mol. The van der Waals surface area contributed by atoms with Gasteiger partial charge in [-0.25, -0.2) is 9.07 Å².